The molecule has 0 aliphatic carbocycles. The third kappa shape index (κ3) is 4.61. The van der Waals surface area contributed by atoms with Crippen LogP contribution in [0.1, 0.15) is 5.56 Å². The quantitative estimate of drug-likeness (QED) is 0.655. The van der Waals surface area contributed by atoms with E-state index < -0.39 is 5.91 Å². The largest absolute Gasteiger partial charge is 0.497 e. The van der Waals surface area contributed by atoms with Crippen LogP contribution in [0.4, 0.5) is 11.4 Å². The van der Waals surface area contributed by atoms with Gasteiger partial charge in [-0.1, -0.05) is 17.7 Å². The fourth-order valence-corrected chi connectivity index (χ4v) is 1.83. The average molecular weight is 307 g/mol. The van der Waals surface area contributed by atoms with Gasteiger partial charge >= 0.3 is 0 Å². The number of nitrogens with zero attached hydrogens (tertiary/aromatic N) is 1. The normalized spacial score (nSPS) is 10.6. The van der Waals surface area contributed by atoms with E-state index in [2.05, 4.69) is 10.6 Å². The van der Waals surface area contributed by atoms with Crippen LogP contribution < -0.4 is 15.4 Å². The van der Waals surface area contributed by atoms with Gasteiger partial charge in [0.2, 0.25) is 0 Å². The topological polar surface area (TPSA) is 74.1 Å². The van der Waals surface area contributed by atoms with Gasteiger partial charge in [-0.2, -0.15) is 5.26 Å². The molecule has 5 nitrogen and oxygen atoms in total. The van der Waals surface area contributed by atoms with E-state index in [1.54, 1.807) is 43.5 Å². The zero-order valence-corrected chi connectivity index (χ0v) is 13.0. The van der Waals surface area contributed by atoms with E-state index in [0.29, 0.717) is 5.69 Å². The zero-order valence-electron chi connectivity index (χ0n) is 13.0. The van der Waals surface area contributed by atoms with Crippen LogP contribution in [0.3, 0.4) is 0 Å². The highest BCUT2D eigenvalue weighted by atomic mass is 16.5. The number of hydrogen-bond donors (Lipinski definition) is 2. The molecule has 0 saturated carbocycles. The van der Waals surface area contributed by atoms with E-state index >= 15 is 0 Å². The summed E-state index contributed by atoms with van der Waals surface area (Å²) in [5.74, 6) is 0.273. The van der Waals surface area contributed by atoms with Crippen LogP contribution in [-0.2, 0) is 4.79 Å². The monoisotopic (exact) mass is 307 g/mol. The summed E-state index contributed by atoms with van der Waals surface area (Å²) in [7, 11) is 1.59. The van der Waals surface area contributed by atoms with Crippen LogP contribution in [-0.4, -0.2) is 13.0 Å². The first-order valence-corrected chi connectivity index (χ1v) is 7.01. The van der Waals surface area contributed by atoms with Crippen LogP contribution in [0.25, 0.3) is 0 Å². The number of carbonyl (C=O) groups excluding carboxylic acids is 1. The molecule has 0 aromatic heterocycles. The van der Waals surface area contributed by atoms with Gasteiger partial charge < -0.3 is 15.4 Å². The molecule has 2 aromatic rings. The first-order valence-electron chi connectivity index (χ1n) is 7.01. The molecule has 0 spiro atoms. The number of rotatable bonds is 5. The minimum atomic E-state index is -0.461. The first kappa shape index (κ1) is 16.1. The van der Waals surface area contributed by atoms with Gasteiger partial charge in [0.15, 0.2) is 0 Å². The molecule has 5 heteroatoms. The molecule has 0 heterocycles. The zero-order chi connectivity index (χ0) is 16.7. The number of hydrogen-bond acceptors (Lipinski definition) is 4. The highest BCUT2D eigenvalue weighted by Crippen LogP contribution is 2.15. The lowest BCUT2D eigenvalue weighted by Crippen LogP contribution is -2.14. The molecule has 23 heavy (non-hydrogen) atoms. The van der Waals surface area contributed by atoms with Crippen molar-refractivity contribution in [1.29, 1.82) is 5.26 Å². The number of amides is 1. The summed E-state index contributed by atoms with van der Waals surface area (Å²) in [6.07, 6.45) is 1.38. The third-order valence-electron chi connectivity index (χ3n) is 3.15. The summed E-state index contributed by atoms with van der Waals surface area (Å²) < 4.78 is 5.07. The smallest absolute Gasteiger partial charge is 0.267 e. The Balaban J connectivity index is 2.03. The second-order valence-electron chi connectivity index (χ2n) is 4.86. The van der Waals surface area contributed by atoms with E-state index in [1.807, 2.05) is 25.1 Å². The number of benzene rings is 2. The molecule has 2 rings (SSSR count). The Bertz CT molecular complexity index is 741. The van der Waals surface area contributed by atoms with Gasteiger partial charge in [-0.3, -0.25) is 4.79 Å². The molecule has 2 N–H and O–H groups in total. The maximum Gasteiger partial charge on any atom is 0.267 e. The Morgan fingerprint density at radius 1 is 1.09 bits per heavy atom. The van der Waals surface area contributed by atoms with Crippen molar-refractivity contribution >= 4 is 17.3 Å². The molecule has 0 fully saturated rings. The Morgan fingerprint density at radius 2 is 1.70 bits per heavy atom. The SMILES string of the molecule is COc1ccc(N/C=C(/C#N)C(=O)Nc2ccc(C)cc2)cc1. The molecule has 0 unspecified atom stereocenters. The molecule has 1 amide bonds. The van der Waals surface area contributed by atoms with Crippen molar-refractivity contribution in [2.24, 2.45) is 0 Å². The summed E-state index contributed by atoms with van der Waals surface area (Å²) in [5, 5.41) is 14.7. The summed E-state index contributed by atoms with van der Waals surface area (Å²) >= 11 is 0. The number of aryl methyl sites for hydroxylation is 1. The second-order valence-corrected chi connectivity index (χ2v) is 4.86. The fraction of sp³-hybridized carbons (Fsp3) is 0.111. The van der Waals surface area contributed by atoms with Crippen LogP contribution in [0.2, 0.25) is 0 Å². The number of nitriles is 1. The molecule has 116 valence electrons. The van der Waals surface area contributed by atoms with Gasteiger partial charge in [0.1, 0.15) is 17.4 Å². The molecule has 0 bridgehead atoms. The Morgan fingerprint density at radius 3 is 2.26 bits per heavy atom. The van der Waals surface area contributed by atoms with Crippen molar-refractivity contribution in [3.8, 4) is 11.8 Å². The van der Waals surface area contributed by atoms with E-state index in [4.69, 9.17) is 10.00 Å². The van der Waals surface area contributed by atoms with Crippen LogP contribution in [0, 0.1) is 18.3 Å². The Hall–Kier alpha value is -3.26. The average Bonchev–Trinajstić information content (AvgIpc) is 2.58. The lowest BCUT2D eigenvalue weighted by atomic mass is 10.2. The molecular formula is C18H17N3O2. The van der Waals surface area contributed by atoms with Crippen molar-refractivity contribution in [1.82, 2.24) is 0 Å². The van der Waals surface area contributed by atoms with E-state index in [0.717, 1.165) is 17.0 Å². The van der Waals surface area contributed by atoms with E-state index in [9.17, 15) is 4.79 Å². The molecule has 0 aliphatic rings. The number of anilines is 2. The van der Waals surface area contributed by atoms with Gasteiger partial charge in [-0.05, 0) is 43.3 Å². The second kappa shape index (κ2) is 7.66. The van der Waals surface area contributed by atoms with Crippen molar-refractivity contribution in [2.45, 2.75) is 6.92 Å². The van der Waals surface area contributed by atoms with E-state index in [1.165, 1.54) is 6.20 Å². The first-order chi connectivity index (χ1) is 11.1. The molecule has 0 saturated heterocycles. The highest BCUT2D eigenvalue weighted by Gasteiger charge is 2.09. The summed E-state index contributed by atoms with van der Waals surface area (Å²) in [5.41, 5.74) is 2.48. The standard InChI is InChI=1S/C18H17N3O2/c1-13-3-5-16(6-4-13)21-18(22)14(11-19)12-20-15-7-9-17(23-2)10-8-15/h3-10,12,20H,1-2H3,(H,21,22)/b14-12-. The van der Waals surface area contributed by atoms with Gasteiger partial charge in [0.05, 0.1) is 7.11 Å². The number of nitrogens with one attached hydrogen (secondary N) is 2. The summed E-state index contributed by atoms with van der Waals surface area (Å²) in [6.45, 7) is 1.96. The molecule has 0 radical (unpaired) electrons. The molecule has 0 atom stereocenters. The number of methoxy groups -OCH3 is 1. The van der Waals surface area contributed by atoms with Crippen LogP contribution >= 0.6 is 0 Å². The van der Waals surface area contributed by atoms with Crippen molar-refractivity contribution in [3.63, 3.8) is 0 Å². The highest BCUT2D eigenvalue weighted by molar-refractivity contribution is 6.06. The lowest BCUT2D eigenvalue weighted by Gasteiger charge is -2.06. The molecular weight excluding hydrogens is 290 g/mol. The number of carbonyl (C=O) groups is 1. The molecule has 2 aromatic carbocycles. The van der Waals surface area contributed by atoms with Crippen molar-refractivity contribution in [3.05, 3.63) is 65.9 Å². The fourth-order valence-electron chi connectivity index (χ4n) is 1.83. The maximum absolute atomic E-state index is 12.1. The van der Waals surface area contributed by atoms with Gasteiger partial charge in [-0.15, -0.1) is 0 Å². The van der Waals surface area contributed by atoms with Gasteiger partial charge in [-0.25, -0.2) is 0 Å². The Kier molecular flexibility index (Phi) is 5.37. The van der Waals surface area contributed by atoms with Gasteiger partial charge in [0, 0.05) is 17.6 Å². The minimum absolute atomic E-state index is 0.0126. The maximum atomic E-state index is 12.1. The summed E-state index contributed by atoms with van der Waals surface area (Å²) in [4.78, 5) is 12.1. The Labute approximate surface area is 135 Å². The number of ether oxygens (including phenoxy) is 1. The van der Waals surface area contributed by atoms with Crippen LogP contribution in [0.15, 0.2) is 60.3 Å². The lowest BCUT2D eigenvalue weighted by molar-refractivity contribution is -0.112. The van der Waals surface area contributed by atoms with Crippen molar-refractivity contribution < 1.29 is 9.53 Å². The molecule has 0 aliphatic heterocycles. The summed E-state index contributed by atoms with van der Waals surface area (Å²) in [6, 6.07) is 16.4. The van der Waals surface area contributed by atoms with Crippen molar-refractivity contribution in [2.75, 3.05) is 17.7 Å². The van der Waals surface area contributed by atoms with E-state index in [-0.39, 0.29) is 5.57 Å². The minimum Gasteiger partial charge on any atom is -0.497 e. The van der Waals surface area contributed by atoms with Crippen LogP contribution in [0.5, 0.6) is 5.75 Å². The third-order valence-corrected chi connectivity index (χ3v) is 3.15. The predicted molar refractivity (Wildman–Crippen MR) is 90.1 cm³/mol. The van der Waals surface area contributed by atoms with Gasteiger partial charge in [0.25, 0.3) is 5.91 Å². The predicted octanol–water partition coefficient (Wildman–Crippen LogP) is 3.46.